The van der Waals surface area contributed by atoms with Crippen molar-refractivity contribution in [2.75, 3.05) is 12.0 Å². The molecule has 148 valence electrons. The lowest BCUT2D eigenvalue weighted by molar-refractivity contribution is -0.130. The summed E-state index contributed by atoms with van der Waals surface area (Å²) in [6.07, 6.45) is 1.07. The summed E-state index contributed by atoms with van der Waals surface area (Å²) in [6, 6.07) is 13.3. The van der Waals surface area contributed by atoms with E-state index in [1.807, 2.05) is 0 Å². The number of carbonyl (C=O) groups is 3. The van der Waals surface area contributed by atoms with Crippen LogP contribution in [-0.4, -0.2) is 36.2 Å². The van der Waals surface area contributed by atoms with Gasteiger partial charge in [0.2, 0.25) is 5.91 Å². The van der Waals surface area contributed by atoms with E-state index in [-0.39, 0.29) is 5.11 Å². The fraction of sp³-hybridized carbons (Fsp3) is 0.105. The second kappa shape index (κ2) is 8.93. The minimum atomic E-state index is -1.24. The van der Waals surface area contributed by atoms with Crippen LogP contribution in [-0.2, 0) is 9.59 Å². The number of halogens is 1. The molecule has 0 saturated carbocycles. The predicted molar refractivity (Wildman–Crippen MR) is 115 cm³/mol. The van der Waals surface area contributed by atoms with Crippen LogP contribution in [0.5, 0.6) is 5.75 Å². The van der Waals surface area contributed by atoms with Crippen molar-refractivity contribution in [2.24, 2.45) is 11.0 Å². The van der Waals surface area contributed by atoms with Crippen LogP contribution < -0.4 is 20.4 Å². The van der Waals surface area contributed by atoms with Crippen molar-refractivity contribution in [1.29, 1.82) is 0 Å². The average molecular weight is 475 g/mol. The Morgan fingerprint density at radius 2 is 2.00 bits per heavy atom. The van der Waals surface area contributed by atoms with E-state index < -0.39 is 23.6 Å². The highest BCUT2D eigenvalue weighted by Gasteiger charge is 2.38. The summed E-state index contributed by atoms with van der Waals surface area (Å²) in [6.45, 7) is 0. The number of anilines is 1. The molecule has 0 unspecified atom stereocenters. The van der Waals surface area contributed by atoms with E-state index in [9.17, 15) is 14.4 Å². The Hall–Kier alpha value is -3.11. The number of hydrogen-bond donors (Lipinski definition) is 2. The fourth-order valence-corrected chi connectivity index (χ4v) is 3.12. The highest BCUT2D eigenvalue weighted by atomic mass is 79.9. The SMILES string of the molecule is COc1cccc(C(=O)N/N=C\[C@H]2C(=O)NC(=S)N(c3ccc(Br)cc3)C2=O)c1. The van der Waals surface area contributed by atoms with Gasteiger partial charge in [-0.3, -0.25) is 19.3 Å². The van der Waals surface area contributed by atoms with Crippen molar-refractivity contribution in [3.8, 4) is 5.75 Å². The zero-order chi connectivity index (χ0) is 21.0. The Labute approximate surface area is 180 Å². The molecular weight excluding hydrogens is 460 g/mol. The first-order valence-corrected chi connectivity index (χ1v) is 9.53. The molecule has 10 heteroatoms. The van der Waals surface area contributed by atoms with Crippen LogP contribution in [0.3, 0.4) is 0 Å². The Morgan fingerprint density at radius 3 is 2.69 bits per heavy atom. The second-order valence-corrected chi connectivity index (χ2v) is 7.18. The van der Waals surface area contributed by atoms with Gasteiger partial charge in [-0.15, -0.1) is 0 Å². The fourth-order valence-electron chi connectivity index (χ4n) is 2.56. The number of carbonyl (C=O) groups excluding carboxylic acids is 3. The minimum Gasteiger partial charge on any atom is -0.497 e. The van der Waals surface area contributed by atoms with Crippen molar-refractivity contribution in [3.05, 3.63) is 58.6 Å². The van der Waals surface area contributed by atoms with Gasteiger partial charge in [-0.2, -0.15) is 5.10 Å². The molecule has 0 aliphatic carbocycles. The monoisotopic (exact) mass is 474 g/mol. The zero-order valence-electron chi connectivity index (χ0n) is 15.1. The normalized spacial score (nSPS) is 16.7. The van der Waals surface area contributed by atoms with Crippen LogP contribution in [0.4, 0.5) is 5.69 Å². The Morgan fingerprint density at radius 1 is 1.28 bits per heavy atom. The van der Waals surface area contributed by atoms with E-state index >= 15 is 0 Å². The molecule has 2 aromatic rings. The molecule has 1 aliphatic rings. The van der Waals surface area contributed by atoms with Gasteiger partial charge in [0.25, 0.3) is 11.8 Å². The number of ether oxygens (including phenoxy) is 1. The Kier molecular flexibility index (Phi) is 6.35. The lowest BCUT2D eigenvalue weighted by atomic mass is 10.1. The van der Waals surface area contributed by atoms with Crippen molar-refractivity contribution in [2.45, 2.75) is 0 Å². The summed E-state index contributed by atoms with van der Waals surface area (Å²) in [7, 11) is 1.49. The van der Waals surface area contributed by atoms with E-state index in [2.05, 4.69) is 31.8 Å². The number of benzene rings is 2. The summed E-state index contributed by atoms with van der Waals surface area (Å²) < 4.78 is 5.90. The van der Waals surface area contributed by atoms with Gasteiger partial charge >= 0.3 is 0 Å². The van der Waals surface area contributed by atoms with Gasteiger partial charge in [0.15, 0.2) is 11.0 Å². The van der Waals surface area contributed by atoms with Crippen LogP contribution in [0, 0.1) is 5.92 Å². The summed E-state index contributed by atoms with van der Waals surface area (Å²) in [5.41, 5.74) is 3.12. The lowest BCUT2D eigenvalue weighted by Gasteiger charge is -2.30. The van der Waals surface area contributed by atoms with Crippen LogP contribution in [0.1, 0.15) is 10.4 Å². The molecule has 1 atom stereocenters. The van der Waals surface area contributed by atoms with E-state index in [1.54, 1.807) is 42.5 Å². The van der Waals surface area contributed by atoms with Gasteiger partial charge in [0.05, 0.1) is 12.8 Å². The quantitative estimate of drug-likeness (QED) is 0.299. The molecule has 1 heterocycles. The summed E-state index contributed by atoms with van der Waals surface area (Å²) in [5.74, 6) is -2.42. The molecule has 0 radical (unpaired) electrons. The molecule has 29 heavy (non-hydrogen) atoms. The van der Waals surface area contributed by atoms with Gasteiger partial charge in [-0.1, -0.05) is 22.0 Å². The number of rotatable bonds is 5. The maximum absolute atomic E-state index is 12.8. The van der Waals surface area contributed by atoms with Crippen LogP contribution >= 0.6 is 28.1 Å². The van der Waals surface area contributed by atoms with Crippen LogP contribution in [0.15, 0.2) is 58.1 Å². The van der Waals surface area contributed by atoms with Gasteiger partial charge in [-0.25, -0.2) is 5.43 Å². The average Bonchev–Trinajstić information content (AvgIpc) is 2.71. The third-order valence-electron chi connectivity index (χ3n) is 4.01. The number of hydrazone groups is 1. The molecule has 1 fully saturated rings. The minimum absolute atomic E-state index is 0.0209. The molecule has 0 aromatic heterocycles. The standard InChI is InChI=1S/C19H15BrN4O4S/c1-28-14-4-2-3-11(9-14)16(25)23-21-10-15-17(26)22-19(29)24(18(15)27)13-7-5-12(20)6-8-13/h2-10,15H,1H3,(H,23,25)(H,22,26,29)/b21-10-/t15-/m0/s1. The largest absolute Gasteiger partial charge is 0.497 e. The molecule has 2 N–H and O–H groups in total. The van der Waals surface area contributed by atoms with E-state index in [0.717, 1.165) is 10.7 Å². The van der Waals surface area contributed by atoms with E-state index in [4.69, 9.17) is 17.0 Å². The second-order valence-electron chi connectivity index (χ2n) is 5.87. The molecule has 8 nitrogen and oxygen atoms in total. The molecule has 0 bridgehead atoms. The number of nitrogens with one attached hydrogen (secondary N) is 2. The highest BCUT2D eigenvalue weighted by Crippen LogP contribution is 2.22. The van der Waals surface area contributed by atoms with Crippen molar-refractivity contribution in [3.63, 3.8) is 0 Å². The Bertz CT molecular complexity index is 1010. The first kappa shape index (κ1) is 20.6. The van der Waals surface area contributed by atoms with E-state index in [0.29, 0.717) is 17.0 Å². The third-order valence-corrected chi connectivity index (χ3v) is 4.82. The maximum atomic E-state index is 12.8. The topological polar surface area (TPSA) is 100 Å². The molecule has 2 aromatic carbocycles. The van der Waals surface area contributed by atoms with Gasteiger partial charge in [0, 0.05) is 16.3 Å². The van der Waals surface area contributed by atoms with Crippen LogP contribution in [0.2, 0.25) is 0 Å². The molecule has 1 saturated heterocycles. The molecule has 0 spiro atoms. The van der Waals surface area contributed by atoms with Crippen molar-refractivity contribution < 1.29 is 19.1 Å². The number of thiocarbonyl (C=S) groups is 1. The highest BCUT2D eigenvalue weighted by molar-refractivity contribution is 9.10. The first-order valence-electron chi connectivity index (χ1n) is 8.32. The van der Waals surface area contributed by atoms with Gasteiger partial charge in [0.1, 0.15) is 5.75 Å². The third kappa shape index (κ3) is 4.66. The number of amides is 3. The van der Waals surface area contributed by atoms with E-state index in [1.165, 1.54) is 18.1 Å². The molecule has 1 aliphatic heterocycles. The van der Waals surface area contributed by atoms with Crippen molar-refractivity contribution in [1.82, 2.24) is 10.7 Å². The molecular formula is C19H15BrN4O4S. The summed E-state index contributed by atoms with van der Waals surface area (Å²) in [5, 5.41) is 6.22. The summed E-state index contributed by atoms with van der Waals surface area (Å²) >= 11 is 8.45. The van der Waals surface area contributed by atoms with Crippen LogP contribution in [0.25, 0.3) is 0 Å². The van der Waals surface area contributed by atoms with Crippen molar-refractivity contribution >= 4 is 62.9 Å². The smallest absolute Gasteiger partial charge is 0.271 e. The van der Waals surface area contributed by atoms with Gasteiger partial charge < -0.3 is 10.1 Å². The summed E-state index contributed by atoms with van der Waals surface area (Å²) in [4.78, 5) is 38.4. The lowest BCUT2D eigenvalue weighted by Crippen LogP contribution is -2.58. The molecule has 3 amide bonds. The number of methoxy groups -OCH3 is 1. The zero-order valence-corrected chi connectivity index (χ0v) is 17.5. The van der Waals surface area contributed by atoms with Gasteiger partial charge in [-0.05, 0) is 54.7 Å². The predicted octanol–water partition coefficient (Wildman–Crippen LogP) is 2.24. The molecule has 3 rings (SSSR count). The first-order chi connectivity index (χ1) is 13.9. The maximum Gasteiger partial charge on any atom is 0.271 e. The number of nitrogens with zero attached hydrogens (tertiary/aromatic N) is 2. The number of hydrogen-bond acceptors (Lipinski definition) is 6. The Balaban J connectivity index is 1.74.